The summed E-state index contributed by atoms with van der Waals surface area (Å²) in [5.41, 5.74) is 1.44. The normalized spacial score (nSPS) is 10.4. The van der Waals surface area contributed by atoms with E-state index >= 15 is 0 Å². The lowest BCUT2D eigenvalue weighted by Crippen LogP contribution is -2.00. The Kier molecular flexibility index (Phi) is 4.86. The number of nitrogens with one attached hydrogen (secondary N) is 2. The third-order valence-electron chi connectivity index (χ3n) is 2.97. The zero-order valence-corrected chi connectivity index (χ0v) is 14.0. The monoisotopic (exact) mass is 364 g/mol. The fraction of sp³-hybridized carbons (Fsp3) is 0. The van der Waals surface area contributed by atoms with Gasteiger partial charge in [-0.15, -0.1) is 0 Å². The highest BCUT2D eigenvalue weighted by Crippen LogP contribution is 2.32. The molecule has 0 atom stereocenters. The zero-order chi connectivity index (χ0) is 16.2. The van der Waals surface area contributed by atoms with Crippen molar-refractivity contribution < 1.29 is 0 Å². The minimum absolute atomic E-state index is 0.445. The van der Waals surface area contributed by atoms with Crippen LogP contribution in [-0.4, -0.2) is 9.97 Å². The molecule has 0 aliphatic heterocycles. The van der Waals surface area contributed by atoms with Crippen molar-refractivity contribution in [2.24, 2.45) is 0 Å². The van der Waals surface area contributed by atoms with Crippen LogP contribution in [0.5, 0.6) is 0 Å². The fourth-order valence-electron chi connectivity index (χ4n) is 1.90. The number of rotatable bonds is 4. The molecular formula is C16H11Cl3N4. The molecule has 0 amide bonds. The molecule has 7 heteroatoms. The van der Waals surface area contributed by atoms with E-state index in [4.69, 9.17) is 34.8 Å². The van der Waals surface area contributed by atoms with Gasteiger partial charge in [0.25, 0.3) is 0 Å². The molecule has 23 heavy (non-hydrogen) atoms. The van der Waals surface area contributed by atoms with Crippen LogP contribution in [0.2, 0.25) is 15.1 Å². The number of hydrogen-bond donors (Lipinski definition) is 2. The molecule has 0 aliphatic rings. The van der Waals surface area contributed by atoms with Crippen LogP contribution in [0.15, 0.2) is 54.7 Å². The van der Waals surface area contributed by atoms with E-state index in [0.29, 0.717) is 32.5 Å². The Hall–Kier alpha value is -2.01. The summed E-state index contributed by atoms with van der Waals surface area (Å²) < 4.78 is 0. The number of benzene rings is 2. The second-order valence-electron chi connectivity index (χ2n) is 4.62. The fourth-order valence-corrected chi connectivity index (χ4v) is 2.51. The molecule has 0 aliphatic carbocycles. The van der Waals surface area contributed by atoms with Gasteiger partial charge in [0, 0.05) is 16.9 Å². The Bertz CT molecular complexity index is 802. The highest BCUT2D eigenvalue weighted by Gasteiger charge is 2.07. The minimum Gasteiger partial charge on any atom is -0.338 e. The number of aromatic nitrogens is 2. The van der Waals surface area contributed by atoms with Crippen LogP contribution in [0.25, 0.3) is 0 Å². The lowest BCUT2D eigenvalue weighted by atomic mass is 10.3. The van der Waals surface area contributed by atoms with Crippen LogP contribution < -0.4 is 10.6 Å². The summed E-state index contributed by atoms with van der Waals surface area (Å²) in [4.78, 5) is 8.57. The van der Waals surface area contributed by atoms with Crippen molar-refractivity contribution in [1.82, 2.24) is 9.97 Å². The summed E-state index contributed by atoms with van der Waals surface area (Å²) in [5, 5.41) is 7.90. The lowest BCUT2D eigenvalue weighted by Gasteiger charge is -2.11. The van der Waals surface area contributed by atoms with Crippen LogP contribution in [0, 0.1) is 0 Å². The van der Waals surface area contributed by atoms with Gasteiger partial charge in [-0.1, -0.05) is 40.9 Å². The second-order valence-corrected chi connectivity index (χ2v) is 5.87. The van der Waals surface area contributed by atoms with E-state index in [-0.39, 0.29) is 0 Å². The Morgan fingerprint density at radius 2 is 1.48 bits per heavy atom. The van der Waals surface area contributed by atoms with Crippen LogP contribution >= 0.6 is 34.8 Å². The zero-order valence-electron chi connectivity index (χ0n) is 11.7. The second kappa shape index (κ2) is 7.04. The molecule has 0 spiro atoms. The number of para-hydroxylation sites is 1. The number of nitrogens with zero attached hydrogens (tertiary/aromatic N) is 2. The minimum atomic E-state index is 0.445. The first kappa shape index (κ1) is 15.9. The number of hydrogen-bond acceptors (Lipinski definition) is 4. The summed E-state index contributed by atoms with van der Waals surface area (Å²) in [5.74, 6) is 1.02. The maximum Gasteiger partial charge on any atom is 0.229 e. The van der Waals surface area contributed by atoms with Crippen LogP contribution in [0.3, 0.4) is 0 Å². The highest BCUT2D eigenvalue weighted by molar-refractivity contribution is 6.39. The molecule has 0 fully saturated rings. The van der Waals surface area contributed by atoms with E-state index in [0.717, 1.165) is 5.69 Å². The summed E-state index contributed by atoms with van der Waals surface area (Å²) in [6, 6.07) is 14.3. The van der Waals surface area contributed by atoms with Gasteiger partial charge in [-0.05, 0) is 42.5 Å². The Morgan fingerprint density at radius 1 is 0.783 bits per heavy atom. The summed E-state index contributed by atoms with van der Waals surface area (Å²) in [6.07, 6.45) is 1.64. The molecule has 3 aromatic rings. The van der Waals surface area contributed by atoms with Crippen molar-refractivity contribution in [2.45, 2.75) is 0 Å². The highest BCUT2D eigenvalue weighted by atomic mass is 35.5. The van der Waals surface area contributed by atoms with E-state index in [1.807, 2.05) is 12.1 Å². The first-order chi connectivity index (χ1) is 11.1. The topological polar surface area (TPSA) is 49.8 Å². The summed E-state index contributed by atoms with van der Waals surface area (Å²) in [7, 11) is 0. The van der Waals surface area contributed by atoms with E-state index in [1.165, 1.54) is 0 Å². The number of anilines is 4. The van der Waals surface area contributed by atoms with Crippen molar-refractivity contribution in [3.05, 3.63) is 69.8 Å². The smallest absolute Gasteiger partial charge is 0.229 e. The Labute approximate surface area is 148 Å². The summed E-state index contributed by atoms with van der Waals surface area (Å²) >= 11 is 18.2. The van der Waals surface area contributed by atoms with Gasteiger partial charge >= 0.3 is 0 Å². The predicted molar refractivity (Wildman–Crippen MR) is 96.5 cm³/mol. The third-order valence-corrected chi connectivity index (χ3v) is 3.85. The first-order valence-corrected chi connectivity index (χ1v) is 7.82. The van der Waals surface area contributed by atoms with Gasteiger partial charge in [-0.2, -0.15) is 4.98 Å². The molecule has 0 saturated heterocycles. The maximum atomic E-state index is 6.15. The van der Waals surface area contributed by atoms with Gasteiger partial charge in [0.2, 0.25) is 5.95 Å². The standard InChI is InChI=1S/C16H11Cl3N4/c17-10-4-6-11(7-5-10)21-16-20-9-8-14(23-16)22-15-12(18)2-1-3-13(15)19/h1-9H,(H2,20,21,22,23). The average Bonchev–Trinajstić information content (AvgIpc) is 2.54. The average molecular weight is 366 g/mol. The van der Waals surface area contributed by atoms with Gasteiger partial charge in [0.15, 0.2) is 0 Å². The number of halogens is 3. The molecular weight excluding hydrogens is 355 g/mol. The molecule has 2 aromatic carbocycles. The van der Waals surface area contributed by atoms with Crippen LogP contribution in [0.1, 0.15) is 0 Å². The first-order valence-electron chi connectivity index (χ1n) is 6.68. The maximum absolute atomic E-state index is 6.15. The lowest BCUT2D eigenvalue weighted by molar-refractivity contribution is 1.17. The van der Waals surface area contributed by atoms with Crippen molar-refractivity contribution in [2.75, 3.05) is 10.6 Å². The molecule has 3 rings (SSSR count). The molecule has 0 radical (unpaired) electrons. The molecule has 0 unspecified atom stereocenters. The molecule has 116 valence electrons. The van der Waals surface area contributed by atoms with Crippen molar-refractivity contribution in [3.8, 4) is 0 Å². The Morgan fingerprint density at radius 3 is 2.17 bits per heavy atom. The Balaban J connectivity index is 1.81. The van der Waals surface area contributed by atoms with Crippen molar-refractivity contribution in [1.29, 1.82) is 0 Å². The largest absolute Gasteiger partial charge is 0.338 e. The van der Waals surface area contributed by atoms with Gasteiger partial charge in [-0.3, -0.25) is 0 Å². The van der Waals surface area contributed by atoms with Crippen molar-refractivity contribution >= 4 is 57.9 Å². The quantitative estimate of drug-likeness (QED) is 0.602. The molecule has 0 saturated carbocycles. The predicted octanol–water partition coefficient (Wildman–Crippen LogP) is 5.92. The molecule has 4 nitrogen and oxygen atoms in total. The molecule has 0 bridgehead atoms. The van der Waals surface area contributed by atoms with Crippen LogP contribution in [0.4, 0.5) is 23.1 Å². The van der Waals surface area contributed by atoms with Gasteiger partial charge in [0.1, 0.15) is 5.82 Å². The molecule has 1 aromatic heterocycles. The van der Waals surface area contributed by atoms with E-state index in [1.54, 1.807) is 42.6 Å². The summed E-state index contributed by atoms with van der Waals surface area (Å²) in [6.45, 7) is 0. The third kappa shape index (κ3) is 4.05. The van der Waals surface area contributed by atoms with Gasteiger partial charge < -0.3 is 10.6 Å². The van der Waals surface area contributed by atoms with Gasteiger partial charge in [-0.25, -0.2) is 4.98 Å². The molecule has 1 heterocycles. The van der Waals surface area contributed by atoms with E-state index < -0.39 is 0 Å². The van der Waals surface area contributed by atoms with Gasteiger partial charge in [0.05, 0.1) is 15.7 Å². The van der Waals surface area contributed by atoms with E-state index in [2.05, 4.69) is 20.6 Å². The van der Waals surface area contributed by atoms with E-state index in [9.17, 15) is 0 Å². The molecule has 2 N–H and O–H groups in total. The van der Waals surface area contributed by atoms with Crippen molar-refractivity contribution in [3.63, 3.8) is 0 Å². The van der Waals surface area contributed by atoms with Crippen LogP contribution in [-0.2, 0) is 0 Å². The SMILES string of the molecule is Clc1ccc(Nc2nccc(Nc3c(Cl)cccc3Cl)n2)cc1.